The Bertz CT molecular complexity index is 665. The maximum Gasteiger partial charge on any atom is 0.337 e. The fourth-order valence-electron chi connectivity index (χ4n) is 1.56. The number of anilines is 1. The van der Waals surface area contributed by atoms with Crippen LogP contribution < -0.4 is 10.1 Å². The fraction of sp³-hybridized carbons (Fsp3) is 0.167. The van der Waals surface area contributed by atoms with Crippen molar-refractivity contribution in [1.82, 2.24) is 15.2 Å². The van der Waals surface area contributed by atoms with E-state index in [0.29, 0.717) is 11.6 Å². The molecule has 0 radical (unpaired) electrons. The number of aromatic carboxylic acids is 1. The summed E-state index contributed by atoms with van der Waals surface area (Å²) in [5, 5.41) is 17.8. The number of carboxylic acid groups (broad SMARTS) is 1. The minimum absolute atomic E-state index is 0.0605. The van der Waals surface area contributed by atoms with Gasteiger partial charge in [-0.25, -0.2) is 9.78 Å². The summed E-state index contributed by atoms with van der Waals surface area (Å²) in [5.74, 6) is -0.959. The zero-order valence-electron chi connectivity index (χ0n) is 10.8. The van der Waals surface area contributed by atoms with Gasteiger partial charge in [0.2, 0.25) is 5.82 Å². The number of aryl methyl sites for hydroxylation is 1. The average Bonchev–Trinajstić information content (AvgIpc) is 2.85. The highest BCUT2D eigenvalue weighted by Crippen LogP contribution is 2.22. The molecule has 0 spiro atoms. The Hall–Kier alpha value is -2.90. The highest BCUT2D eigenvalue weighted by molar-refractivity contribution is 6.06. The van der Waals surface area contributed by atoms with E-state index in [-0.39, 0.29) is 17.1 Å². The Morgan fingerprint density at radius 2 is 2.15 bits per heavy atom. The first-order chi connectivity index (χ1) is 9.51. The lowest BCUT2D eigenvalue weighted by Crippen LogP contribution is -2.16. The Kier molecular flexibility index (Phi) is 3.65. The van der Waals surface area contributed by atoms with Crippen LogP contribution in [0.1, 0.15) is 26.8 Å². The van der Waals surface area contributed by atoms with E-state index in [2.05, 4.69) is 20.5 Å². The number of ether oxygens (including phenoxy) is 1. The molecule has 104 valence electrons. The Morgan fingerprint density at radius 3 is 2.70 bits per heavy atom. The van der Waals surface area contributed by atoms with Crippen molar-refractivity contribution in [3.05, 3.63) is 35.4 Å². The lowest BCUT2D eigenvalue weighted by molar-refractivity contribution is 0.0697. The summed E-state index contributed by atoms with van der Waals surface area (Å²) in [4.78, 5) is 26.9. The second-order valence-corrected chi connectivity index (χ2v) is 3.92. The van der Waals surface area contributed by atoms with E-state index in [9.17, 15) is 9.59 Å². The normalized spacial score (nSPS) is 10.1. The van der Waals surface area contributed by atoms with Crippen LogP contribution in [0.15, 0.2) is 18.2 Å². The van der Waals surface area contributed by atoms with Gasteiger partial charge >= 0.3 is 5.97 Å². The van der Waals surface area contributed by atoms with E-state index in [4.69, 9.17) is 9.84 Å². The van der Waals surface area contributed by atoms with Gasteiger partial charge in [0.1, 0.15) is 11.6 Å². The predicted molar refractivity (Wildman–Crippen MR) is 69.0 cm³/mol. The first-order valence-corrected chi connectivity index (χ1v) is 5.63. The molecule has 1 aromatic carbocycles. The van der Waals surface area contributed by atoms with Crippen LogP contribution in [0.25, 0.3) is 0 Å². The highest BCUT2D eigenvalue weighted by Gasteiger charge is 2.17. The quantitative estimate of drug-likeness (QED) is 0.769. The number of amides is 1. The second kappa shape index (κ2) is 5.39. The van der Waals surface area contributed by atoms with Gasteiger partial charge in [0.25, 0.3) is 5.91 Å². The van der Waals surface area contributed by atoms with Gasteiger partial charge in [-0.15, -0.1) is 5.10 Å². The van der Waals surface area contributed by atoms with Crippen LogP contribution in [0.4, 0.5) is 5.69 Å². The van der Waals surface area contributed by atoms with E-state index < -0.39 is 11.9 Å². The molecule has 2 rings (SSSR count). The van der Waals surface area contributed by atoms with E-state index in [0.717, 1.165) is 0 Å². The van der Waals surface area contributed by atoms with Gasteiger partial charge in [0.05, 0.1) is 18.4 Å². The molecule has 0 aliphatic heterocycles. The van der Waals surface area contributed by atoms with Crippen LogP contribution in [0.2, 0.25) is 0 Å². The maximum absolute atomic E-state index is 11.9. The SMILES string of the molecule is COc1ccc(NC(=O)c2n[nH]c(C)n2)c(C(=O)O)c1. The number of nitrogens with one attached hydrogen (secondary N) is 2. The maximum atomic E-state index is 11.9. The van der Waals surface area contributed by atoms with Crippen LogP contribution >= 0.6 is 0 Å². The number of hydrogen-bond donors (Lipinski definition) is 3. The molecule has 0 unspecified atom stereocenters. The summed E-state index contributed by atoms with van der Waals surface area (Å²) < 4.78 is 4.95. The third kappa shape index (κ3) is 2.74. The van der Waals surface area contributed by atoms with Crippen LogP contribution in [0, 0.1) is 6.92 Å². The molecule has 20 heavy (non-hydrogen) atoms. The number of carbonyl (C=O) groups excluding carboxylic acids is 1. The molecule has 8 heteroatoms. The molecule has 0 fully saturated rings. The van der Waals surface area contributed by atoms with Crippen molar-refractivity contribution in [3.8, 4) is 5.75 Å². The number of aromatic amines is 1. The molecule has 1 aromatic heterocycles. The number of hydrogen-bond acceptors (Lipinski definition) is 5. The smallest absolute Gasteiger partial charge is 0.337 e. The van der Waals surface area contributed by atoms with Gasteiger partial charge in [-0.3, -0.25) is 9.89 Å². The molecule has 3 N–H and O–H groups in total. The molecule has 2 aromatic rings. The number of aromatic nitrogens is 3. The summed E-state index contributed by atoms with van der Waals surface area (Å²) in [5.41, 5.74) is 0.0655. The van der Waals surface area contributed by atoms with Crippen molar-refractivity contribution >= 4 is 17.6 Å². The number of H-pyrrole nitrogens is 1. The van der Waals surface area contributed by atoms with E-state index in [1.165, 1.54) is 19.2 Å². The zero-order valence-corrected chi connectivity index (χ0v) is 10.8. The summed E-state index contributed by atoms with van der Waals surface area (Å²) >= 11 is 0. The summed E-state index contributed by atoms with van der Waals surface area (Å²) in [6.07, 6.45) is 0. The topological polar surface area (TPSA) is 117 Å². The molecule has 1 heterocycles. The lowest BCUT2D eigenvalue weighted by Gasteiger charge is -2.08. The van der Waals surface area contributed by atoms with Gasteiger partial charge in [-0.2, -0.15) is 0 Å². The largest absolute Gasteiger partial charge is 0.497 e. The number of rotatable bonds is 4. The third-order valence-electron chi connectivity index (χ3n) is 2.51. The lowest BCUT2D eigenvalue weighted by atomic mass is 10.1. The van der Waals surface area contributed by atoms with Crippen molar-refractivity contribution in [2.75, 3.05) is 12.4 Å². The molecule has 0 aliphatic rings. The summed E-state index contributed by atoms with van der Waals surface area (Å²) in [6.45, 7) is 1.65. The zero-order chi connectivity index (χ0) is 14.7. The first kappa shape index (κ1) is 13.5. The molecule has 1 amide bonds. The number of carbonyl (C=O) groups is 2. The Morgan fingerprint density at radius 1 is 1.40 bits per heavy atom. The molecule has 0 bridgehead atoms. The number of nitrogens with zero attached hydrogens (tertiary/aromatic N) is 2. The molecule has 0 saturated carbocycles. The van der Waals surface area contributed by atoms with Crippen LogP contribution in [0.3, 0.4) is 0 Å². The second-order valence-electron chi connectivity index (χ2n) is 3.92. The monoisotopic (exact) mass is 276 g/mol. The molecule has 0 saturated heterocycles. The Balaban J connectivity index is 2.29. The molecular formula is C12H12N4O4. The summed E-state index contributed by atoms with van der Waals surface area (Å²) in [7, 11) is 1.43. The molecular weight excluding hydrogens is 264 g/mol. The molecule has 0 aliphatic carbocycles. The number of benzene rings is 1. The predicted octanol–water partition coefficient (Wildman–Crippen LogP) is 1.07. The van der Waals surface area contributed by atoms with Crippen molar-refractivity contribution in [2.45, 2.75) is 6.92 Å². The van der Waals surface area contributed by atoms with Gasteiger partial charge in [-0.1, -0.05) is 0 Å². The molecule has 0 atom stereocenters. The van der Waals surface area contributed by atoms with Crippen LogP contribution in [-0.2, 0) is 0 Å². The van der Waals surface area contributed by atoms with Crippen LogP contribution in [0.5, 0.6) is 5.75 Å². The van der Waals surface area contributed by atoms with E-state index >= 15 is 0 Å². The van der Waals surface area contributed by atoms with Crippen molar-refractivity contribution < 1.29 is 19.4 Å². The third-order valence-corrected chi connectivity index (χ3v) is 2.51. The number of methoxy groups -OCH3 is 1. The fourth-order valence-corrected chi connectivity index (χ4v) is 1.56. The van der Waals surface area contributed by atoms with Crippen molar-refractivity contribution in [2.24, 2.45) is 0 Å². The van der Waals surface area contributed by atoms with Crippen LogP contribution in [-0.4, -0.2) is 39.3 Å². The summed E-state index contributed by atoms with van der Waals surface area (Å²) in [6, 6.07) is 4.31. The van der Waals surface area contributed by atoms with Gasteiger partial charge < -0.3 is 15.2 Å². The standard InChI is InChI=1S/C12H12N4O4/c1-6-13-10(16-15-6)11(17)14-9-4-3-7(20-2)5-8(9)12(18)19/h3-5H,1-2H3,(H,14,17)(H,18,19)(H,13,15,16). The van der Waals surface area contributed by atoms with Gasteiger partial charge in [0.15, 0.2) is 0 Å². The van der Waals surface area contributed by atoms with E-state index in [1.807, 2.05) is 0 Å². The average molecular weight is 276 g/mol. The van der Waals surface area contributed by atoms with Gasteiger partial charge in [0, 0.05) is 0 Å². The highest BCUT2D eigenvalue weighted by atomic mass is 16.5. The minimum Gasteiger partial charge on any atom is -0.497 e. The van der Waals surface area contributed by atoms with E-state index in [1.54, 1.807) is 13.0 Å². The van der Waals surface area contributed by atoms with Crippen molar-refractivity contribution in [3.63, 3.8) is 0 Å². The molecule has 8 nitrogen and oxygen atoms in total. The first-order valence-electron chi connectivity index (χ1n) is 5.63. The number of carboxylic acids is 1. The Labute approximate surface area is 113 Å². The van der Waals surface area contributed by atoms with Crippen molar-refractivity contribution in [1.29, 1.82) is 0 Å². The minimum atomic E-state index is -1.18. The van der Waals surface area contributed by atoms with Gasteiger partial charge in [-0.05, 0) is 25.1 Å².